The van der Waals surface area contributed by atoms with Crippen molar-refractivity contribution in [1.82, 2.24) is 5.32 Å². The van der Waals surface area contributed by atoms with Gasteiger partial charge in [-0.25, -0.2) is 0 Å². The molecule has 0 saturated heterocycles. The van der Waals surface area contributed by atoms with E-state index in [1.54, 1.807) is 0 Å². The van der Waals surface area contributed by atoms with E-state index in [0.717, 1.165) is 18.8 Å². The van der Waals surface area contributed by atoms with Crippen LogP contribution in [0, 0.1) is 0 Å². The number of ether oxygens (including phenoxy) is 1. The molecule has 0 saturated carbocycles. The van der Waals surface area contributed by atoms with Gasteiger partial charge in [0.1, 0.15) is 5.75 Å². The minimum absolute atomic E-state index is 0.224. The summed E-state index contributed by atoms with van der Waals surface area (Å²) < 4.78 is 5.61. The molecule has 82 valence electrons. The number of hydrogen-bond acceptors (Lipinski definition) is 2. The third-order valence-corrected chi connectivity index (χ3v) is 1.89. The normalized spacial score (nSPS) is 10.3. The fraction of sp³-hybridized carbons (Fsp3) is 0.385. The van der Waals surface area contributed by atoms with Crippen LogP contribution < -0.4 is 10.1 Å². The Bertz CT molecular complexity index is 307. The van der Waals surface area contributed by atoms with Crippen LogP contribution in [0.15, 0.2) is 36.9 Å². The third kappa shape index (κ3) is 4.66. The van der Waals surface area contributed by atoms with Gasteiger partial charge in [0.15, 0.2) is 0 Å². The highest BCUT2D eigenvalue weighted by atomic mass is 16.5. The SMILES string of the molecule is C=CCNCc1cccc(OC(C)C)c1. The Balaban J connectivity index is 2.53. The van der Waals surface area contributed by atoms with Crippen molar-refractivity contribution in [3.63, 3.8) is 0 Å². The zero-order valence-electron chi connectivity index (χ0n) is 9.49. The average molecular weight is 205 g/mol. The molecule has 1 aromatic rings. The smallest absolute Gasteiger partial charge is 0.120 e. The molecule has 1 N–H and O–H groups in total. The van der Waals surface area contributed by atoms with Crippen LogP contribution in [0.5, 0.6) is 5.75 Å². The second kappa shape index (κ2) is 6.25. The maximum absolute atomic E-state index is 5.61. The van der Waals surface area contributed by atoms with Crippen molar-refractivity contribution < 1.29 is 4.74 Å². The first-order valence-corrected chi connectivity index (χ1v) is 5.29. The molecule has 0 aromatic heterocycles. The highest BCUT2D eigenvalue weighted by Crippen LogP contribution is 2.14. The molecule has 0 heterocycles. The number of hydrogen-bond donors (Lipinski definition) is 1. The molecule has 1 aromatic carbocycles. The van der Waals surface area contributed by atoms with Gasteiger partial charge in [-0.1, -0.05) is 18.2 Å². The molecule has 2 nitrogen and oxygen atoms in total. The monoisotopic (exact) mass is 205 g/mol. The second-order valence-electron chi connectivity index (χ2n) is 3.73. The molecule has 0 atom stereocenters. The Morgan fingerprint density at radius 3 is 2.93 bits per heavy atom. The minimum Gasteiger partial charge on any atom is -0.491 e. The van der Waals surface area contributed by atoms with E-state index >= 15 is 0 Å². The van der Waals surface area contributed by atoms with Crippen molar-refractivity contribution in [2.75, 3.05) is 6.54 Å². The first-order valence-electron chi connectivity index (χ1n) is 5.29. The molecule has 0 unspecified atom stereocenters. The quantitative estimate of drug-likeness (QED) is 0.569. The summed E-state index contributed by atoms with van der Waals surface area (Å²) in [6.07, 6.45) is 2.08. The molecule has 0 amide bonds. The van der Waals surface area contributed by atoms with Gasteiger partial charge >= 0.3 is 0 Å². The van der Waals surface area contributed by atoms with Crippen LogP contribution in [-0.4, -0.2) is 12.6 Å². The Kier molecular flexibility index (Phi) is 4.91. The number of nitrogens with one attached hydrogen (secondary N) is 1. The fourth-order valence-electron chi connectivity index (χ4n) is 1.32. The van der Waals surface area contributed by atoms with Crippen molar-refractivity contribution >= 4 is 0 Å². The van der Waals surface area contributed by atoms with Gasteiger partial charge in [0.05, 0.1) is 6.10 Å². The first kappa shape index (κ1) is 11.8. The Labute approximate surface area is 92.0 Å². The number of rotatable bonds is 6. The van der Waals surface area contributed by atoms with E-state index in [9.17, 15) is 0 Å². The van der Waals surface area contributed by atoms with Gasteiger partial charge in [-0.05, 0) is 31.5 Å². The lowest BCUT2D eigenvalue weighted by molar-refractivity contribution is 0.242. The van der Waals surface area contributed by atoms with Gasteiger partial charge in [0.25, 0.3) is 0 Å². The topological polar surface area (TPSA) is 21.3 Å². The molecule has 0 bridgehead atoms. The Hall–Kier alpha value is -1.28. The van der Waals surface area contributed by atoms with Crippen LogP contribution in [0.2, 0.25) is 0 Å². The zero-order valence-corrected chi connectivity index (χ0v) is 9.49. The maximum Gasteiger partial charge on any atom is 0.120 e. The van der Waals surface area contributed by atoms with Crippen molar-refractivity contribution in [3.05, 3.63) is 42.5 Å². The van der Waals surface area contributed by atoms with E-state index in [1.807, 2.05) is 32.1 Å². The molecule has 1 rings (SSSR count). The molecule has 15 heavy (non-hydrogen) atoms. The van der Waals surface area contributed by atoms with Gasteiger partial charge in [0.2, 0.25) is 0 Å². The van der Waals surface area contributed by atoms with Crippen molar-refractivity contribution in [3.8, 4) is 5.75 Å². The van der Waals surface area contributed by atoms with Crippen molar-refractivity contribution in [2.24, 2.45) is 0 Å². The zero-order chi connectivity index (χ0) is 11.1. The average Bonchev–Trinajstić information content (AvgIpc) is 2.18. The first-order chi connectivity index (χ1) is 7.22. The summed E-state index contributed by atoms with van der Waals surface area (Å²) in [6.45, 7) is 9.40. The Morgan fingerprint density at radius 1 is 1.47 bits per heavy atom. The standard InChI is InChI=1S/C13H19NO/c1-4-8-14-10-12-6-5-7-13(9-12)15-11(2)3/h4-7,9,11,14H,1,8,10H2,2-3H3. The van der Waals surface area contributed by atoms with E-state index in [-0.39, 0.29) is 6.10 Å². The summed E-state index contributed by atoms with van der Waals surface area (Å²) in [4.78, 5) is 0. The fourth-order valence-corrected chi connectivity index (χ4v) is 1.32. The molecule has 2 heteroatoms. The molecule has 0 aliphatic heterocycles. The van der Waals surface area contributed by atoms with Gasteiger partial charge in [-0.3, -0.25) is 0 Å². The summed E-state index contributed by atoms with van der Waals surface area (Å²) in [5, 5.41) is 3.26. The lowest BCUT2D eigenvalue weighted by Gasteiger charge is -2.10. The molecule has 0 fully saturated rings. The van der Waals surface area contributed by atoms with Crippen LogP contribution in [0.25, 0.3) is 0 Å². The predicted molar refractivity (Wildman–Crippen MR) is 64.1 cm³/mol. The van der Waals surface area contributed by atoms with Crippen molar-refractivity contribution in [2.45, 2.75) is 26.5 Å². The molecule has 0 spiro atoms. The van der Waals surface area contributed by atoms with E-state index in [1.165, 1.54) is 5.56 Å². The lowest BCUT2D eigenvalue weighted by Crippen LogP contribution is -2.12. The summed E-state index contributed by atoms with van der Waals surface area (Å²) in [6, 6.07) is 8.15. The second-order valence-corrected chi connectivity index (χ2v) is 3.73. The highest BCUT2D eigenvalue weighted by Gasteiger charge is 1.98. The Morgan fingerprint density at radius 2 is 2.27 bits per heavy atom. The van der Waals surface area contributed by atoms with E-state index in [2.05, 4.69) is 24.0 Å². The molecule has 0 radical (unpaired) electrons. The van der Waals surface area contributed by atoms with Crippen LogP contribution in [0.4, 0.5) is 0 Å². The van der Waals surface area contributed by atoms with Crippen LogP contribution >= 0.6 is 0 Å². The minimum atomic E-state index is 0.224. The van der Waals surface area contributed by atoms with Gasteiger partial charge in [-0.2, -0.15) is 0 Å². The summed E-state index contributed by atoms with van der Waals surface area (Å²) in [5.41, 5.74) is 1.23. The third-order valence-electron chi connectivity index (χ3n) is 1.89. The van der Waals surface area contributed by atoms with Gasteiger partial charge in [0, 0.05) is 13.1 Å². The molecule has 0 aliphatic carbocycles. The van der Waals surface area contributed by atoms with E-state index in [4.69, 9.17) is 4.74 Å². The molecular weight excluding hydrogens is 186 g/mol. The van der Waals surface area contributed by atoms with Gasteiger partial charge < -0.3 is 10.1 Å². The number of benzene rings is 1. The largest absolute Gasteiger partial charge is 0.491 e. The summed E-state index contributed by atoms with van der Waals surface area (Å²) in [7, 11) is 0. The van der Waals surface area contributed by atoms with E-state index < -0.39 is 0 Å². The van der Waals surface area contributed by atoms with Crippen molar-refractivity contribution in [1.29, 1.82) is 0 Å². The van der Waals surface area contributed by atoms with Crippen LogP contribution in [0.1, 0.15) is 19.4 Å². The maximum atomic E-state index is 5.61. The highest BCUT2D eigenvalue weighted by molar-refractivity contribution is 5.28. The van der Waals surface area contributed by atoms with Crippen LogP contribution in [0.3, 0.4) is 0 Å². The van der Waals surface area contributed by atoms with Crippen LogP contribution in [-0.2, 0) is 6.54 Å². The summed E-state index contributed by atoms with van der Waals surface area (Å²) >= 11 is 0. The molecular formula is C13H19NO. The lowest BCUT2D eigenvalue weighted by atomic mass is 10.2. The summed E-state index contributed by atoms with van der Waals surface area (Å²) in [5.74, 6) is 0.933. The van der Waals surface area contributed by atoms with E-state index in [0.29, 0.717) is 0 Å². The van der Waals surface area contributed by atoms with Gasteiger partial charge in [-0.15, -0.1) is 6.58 Å². The predicted octanol–water partition coefficient (Wildman–Crippen LogP) is 2.75. The molecule has 0 aliphatic rings.